The standard InChI is InChI=1S/C30H29N7O25S7/c1-15(38)31-16-2-5-19(22(12-16)65(46,47)48)32-35-25-28(39)26(36-33-20-6-3-17(13-23(20)66(49,50)51)63(42,43)10-8-61-68(55,56)57)30(41)27(29(25)40)37-34-21-7-4-18(14-24(21)67(52,53)54)64(44,45)11-9-62-69(58,59)60/h2-7,12-14,32-33,41H,8-11H2,1H3,(H,31,38)(H,46,47,48)(H,49,50,51)(H,52,53,54)(H,55,56,57)(H,58,59,60). The number of azo groups is 1. The summed E-state index contributed by atoms with van der Waals surface area (Å²) < 4.78 is 223. The second kappa shape index (κ2) is 20.5. The van der Waals surface area contributed by atoms with E-state index in [0.717, 1.165) is 19.1 Å². The molecule has 0 saturated heterocycles. The predicted molar refractivity (Wildman–Crippen MR) is 228 cm³/mol. The zero-order valence-electron chi connectivity index (χ0n) is 33.6. The van der Waals surface area contributed by atoms with Crippen molar-refractivity contribution in [3.05, 3.63) is 85.8 Å². The molecule has 4 rings (SSSR count). The van der Waals surface area contributed by atoms with Gasteiger partial charge in [-0.05, 0) is 54.6 Å². The van der Waals surface area contributed by atoms with E-state index in [1.54, 1.807) is 0 Å². The Morgan fingerprint density at radius 1 is 0.565 bits per heavy atom. The molecule has 1 amide bonds. The number of anilines is 3. The number of phenolic OH excluding ortho intramolecular Hbond substituents is 1. The second-order valence-electron chi connectivity index (χ2n) is 12.9. The van der Waals surface area contributed by atoms with Crippen LogP contribution in [0.5, 0.6) is 5.75 Å². The van der Waals surface area contributed by atoms with Crippen LogP contribution in [0, 0.1) is 0 Å². The Hall–Kier alpha value is -6.08. The van der Waals surface area contributed by atoms with E-state index in [-0.39, 0.29) is 11.8 Å². The summed E-state index contributed by atoms with van der Waals surface area (Å²) in [6.45, 7) is -1.32. The van der Waals surface area contributed by atoms with Gasteiger partial charge in [-0.15, -0.1) is 10.2 Å². The van der Waals surface area contributed by atoms with Crippen molar-refractivity contribution in [3.8, 4) is 5.75 Å². The van der Waals surface area contributed by atoms with Crippen LogP contribution in [0.15, 0.2) is 109 Å². The highest BCUT2D eigenvalue weighted by Gasteiger charge is 2.26. The molecule has 0 unspecified atom stereocenters. The van der Waals surface area contributed by atoms with Crippen LogP contribution in [-0.2, 0) is 84.0 Å². The molecule has 39 heteroatoms. The molecule has 0 fully saturated rings. The van der Waals surface area contributed by atoms with E-state index in [1.165, 1.54) is 0 Å². The number of carbonyl (C=O) groups is 1. The fourth-order valence-electron chi connectivity index (χ4n) is 5.11. The molecule has 4 aromatic rings. The summed E-state index contributed by atoms with van der Waals surface area (Å²) in [6, 6.07) is 5.52. The lowest BCUT2D eigenvalue weighted by atomic mass is 10.2. The third-order valence-corrected chi connectivity index (χ3v) is 15.0. The SMILES string of the molecule is CC(=O)Nc1ccc(NN=c2c(=O)c(N=Nc3ccc(S(=O)(=O)CCOS(=O)(=O)O)cc3S(=O)(=O)O)c(O)c(=NNc3ccc(S(=O)(=O)CCOS(=O)(=O)O)cc3S(=O)(=O)O)c2=O)c(S(=O)(=O)O)c1. The van der Waals surface area contributed by atoms with Crippen LogP contribution in [0.2, 0.25) is 0 Å². The highest BCUT2D eigenvalue weighted by atomic mass is 32.3. The van der Waals surface area contributed by atoms with E-state index >= 15 is 0 Å². The monoisotopic (exact) mass is 1110 g/mol. The third kappa shape index (κ3) is 15.0. The Labute approximate surface area is 387 Å². The van der Waals surface area contributed by atoms with Crippen molar-refractivity contribution in [1.29, 1.82) is 0 Å². The maximum absolute atomic E-state index is 13.8. The summed E-state index contributed by atoms with van der Waals surface area (Å²) in [6.07, 6.45) is 0. The Bertz CT molecular complexity index is 3860. The van der Waals surface area contributed by atoms with Gasteiger partial charge in [0.1, 0.15) is 20.4 Å². The first-order valence-electron chi connectivity index (χ1n) is 17.3. The molecule has 0 aromatic heterocycles. The van der Waals surface area contributed by atoms with Crippen LogP contribution in [0.3, 0.4) is 0 Å². The number of nitrogens with one attached hydrogen (secondary N) is 3. The van der Waals surface area contributed by atoms with Gasteiger partial charge in [-0.2, -0.15) is 52.3 Å². The van der Waals surface area contributed by atoms with Gasteiger partial charge in [0.25, 0.3) is 30.4 Å². The Morgan fingerprint density at radius 3 is 1.46 bits per heavy atom. The van der Waals surface area contributed by atoms with E-state index in [0.29, 0.717) is 36.4 Å². The zero-order valence-corrected chi connectivity index (χ0v) is 39.3. The summed E-state index contributed by atoms with van der Waals surface area (Å²) in [5.74, 6) is -4.73. The van der Waals surface area contributed by atoms with Gasteiger partial charge in [-0.25, -0.2) is 25.2 Å². The fraction of sp³-hybridized carbons (Fsp3) is 0.167. The summed E-state index contributed by atoms with van der Waals surface area (Å²) in [5.41, 5.74) is -4.01. The molecule has 0 heterocycles. The Morgan fingerprint density at radius 2 is 1.00 bits per heavy atom. The van der Waals surface area contributed by atoms with Gasteiger partial charge in [0, 0.05) is 12.6 Å². The lowest BCUT2D eigenvalue weighted by molar-refractivity contribution is -0.114. The number of amides is 1. The van der Waals surface area contributed by atoms with Crippen LogP contribution in [0.25, 0.3) is 0 Å². The second-order valence-corrected chi connectivity index (χ2v) is 23.5. The molecule has 4 aromatic carbocycles. The first-order valence-corrected chi connectivity index (χ1v) is 27.7. The molecule has 9 N–H and O–H groups in total. The lowest BCUT2D eigenvalue weighted by Crippen LogP contribution is -2.48. The van der Waals surface area contributed by atoms with Gasteiger partial charge in [0.15, 0.2) is 41.8 Å². The average Bonchev–Trinajstić information content (AvgIpc) is 3.18. The van der Waals surface area contributed by atoms with Crippen molar-refractivity contribution < 1.29 is 100.0 Å². The zero-order chi connectivity index (χ0) is 52.3. The number of phenols is 1. The highest BCUT2D eigenvalue weighted by Crippen LogP contribution is 2.31. The van der Waals surface area contributed by atoms with E-state index in [2.05, 4.69) is 34.1 Å². The van der Waals surface area contributed by atoms with Crippen molar-refractivity contribution in [1.82, 2.24) is 0 Å². The van der Waals surface area contributed by atoms with Crippen LogP contribution >= 0.6 is 0 Å². The molecule has 0 bridgehead atoms. The smallest absolute Gasteiger partial charge is 0.397 e. The van der Waals surface area contributed by atoms with Gasteiger partial charge in [0.2, 0.25) is 16.8 Å². The molecular formula is C30H29N7O25S7. The summed E-state index contributed by atoms with van der Waals surface area (Å²) in [5, 5.41) is 24.3. The quantitative estimate of drug-likeness (QED) is 0.0266. The van der Waals surface area contributed by atoms with Crippen LogP contribution in [-0.4, -0.2) is 117 Å². The van der Waals surface area contributed by atoms with Gasteiger partial charge in [0.05, 0.1) is 45.9 Å². The van der Waals surface area contributed by atoms with Crippen molar-refractivity contribution in [3.63, 3.8) is 0 Å². The number of sulfone groups is 2. The van der Waals surface area contributed by atoms with Crippen molar-refractivity contribution in [2.24, 2.45) is 20.4 Å². The van der Waals surface area contributed by atoms with Crippen molar-refractivity contribution in [2.45, 2.75) is 31.4 Å². The number of aromatic hydroxyl groups is 1. The molecular weight excluding hydrogens is 1080 g/mol. The molecule has 0 aliphatic rings. The van der Waals surface area contributed by atoms with Crippen LogP contribution < -0.4 is 37.7 Å². The van der Waals surface area contributed by atoms with Gasteiger partial charge in [-0.3, -0.25) is 48.0 Å². The Balaban J connectivity index is 1.99. The average molecular weight is 1110 g/mol. The number of hydrogen-bond donors (Lipinski definition) is 9. The largest absolute Gasteiger partial charge is 0.504 e. The van der Waals surface area contributed by atoms with E-state index in [9.17, 15) is 92.1 Å². The predicted octanol–water partition coefficient (Wildman–Crippen LogP) is -1.86. The molecule has 0 aliphatic heterocycles. The van der Waals surface area contributed by atoms with Gasteiger partial charge >= 0.3 is 20.8 Å². The fourth-order valence-corrected chi connectivity index (χ4v) is 10.3. The molecule has 0 atom stereocenters. The summed E-state index contributed by atoms with van der Waals surface area (Å²) in [4.78, 5) is 33.4. The maximum atomic E-state index is 13.8. The number of benzene rings is 4. The minimum atomic E-state index is -5.52. The minimum absolute atomic E-state index is 0.212. The number of carbonyl (C=O) groups excluding carboxylic acids is 1. The van der Waals surface area contributed by atoms with Gasteiger partial charge < -0.3 is 10.4 Å². The number of nitrogens with zero attached hydrogens (tertiary/aromatic N) is 4. The molecule has 0 saturated carbocycles. The molecule has 0 aliphatic carbocycles. The molecule has 32 nitrogen and oxygen atoms in total. The van der Waals surface area contributed by atoms with Crippen LogP contribution in [0.4, 0.5) is 28.4 Å². The Kier molecular flexibility index (Phi) is 16.5. The van der Waals surface area contributed by atoms with Gasteiger partial charge in [-0.1, -0.05) is 0 Å². The topological polar surface area (TPSA) is 516 Å². The maximum Gasteiger partial charge on any atom is 0.397 e. The van der Waals surface area contributed by atoms with Crippen molar-refractivity contribution in [2.75, 3.05) is 40.9 Å². The number of hydrogen-bond acceptors (Lipinski definition) is 26. The lowest BCUT2D eigenvalue weighted by Gasteiger charge is -2.10. The minimum Gasteiger partial charge on any atom is -0.504 e. The third-order valence-electron chi connectivity index (χ3n) is 8.05. The number of rotatable bonds is 20. The molecule has 376 valence electrons. The van der Waals surface area contributed by atoms with E-state index in [1.807, 2.05) is 10.9 Å². The molecule has 0 spiro atoms. The van der Waals surface area contributed by atoms with E-state index < -0.39 is 176 Å². The molecule has 69 heavy (non-hydrogen) atoms. The van der Waals surface area contributed by atoms with Crippen molar-refractivity contribution >= 4 is 105 Å². The first kappa shape index (κ1) is 55.5. The normalized spacial score (nSPS) is 13.7. The summed E-state index contributed by atoms with van der Waals surface area (Å²) >= 11 is 0. The first-order chi connectivity index (χ1) is 31.4. The summed E-state index contributed by atoms with van der Waals surface area (Å²) in [7, 11) is -35.9. The van der Waals surface area contributed by atoms with Crippen LogP contribution in [0.1, 0.15) is 6.92 Å². The van der Waals surface area contributed by atoms with E-state index in [4.69, 9.17) is 9.11 Å². The highest BCUT2D eigenvalue weighted by molar-refractivity contribution is 7.92. The molecule has 0 radical (unpaired) electrons.